The Morgan fingerprint density at radius 3 is 2.16 bits per heavy atom. The Bertz CT molecular complexity index is 1100. The Labute approximate surface area is 179 Å². The van der Waals surface area contributed by atoms with E-state index in [0.717, 1.165) is 5.56 Å². The Kier molecular flexibility index (Phi) is 6.67. The number of nitrogens with zero attached hydrogens (tertiary/aromatic N) is 1. The maximum atomic E-state index is 13.0. The zero-order valence-corrected chi connectivity index (χ0v) is 17.3. The van der Waals surface area contributed by atoms with Crippen LogP contribution in [0.5, 0.6) is 5.75 Å². The molecule has 2 aromatic carbocycles. The van der Waals surface area contributed by atoms with Gasteiger partial charge in [-0.2, -0.15) is 0 Å². The predicted octanol–water partition coefficient (Wildman–Crippen LogP) is 3.70. The Hall–Kier alpha value is -4.13. The highest BCUT2D eigenvalue weighted by Gasteiger charge is 2.29. The van der Waals surface area contributed by atoms with Crippen LogP contribution in [0.15, 0.2) is 84.2 Å². The first-order valence-electron chi connectivity index (χ1n) is 9.39. The van der Waals surface area contributed by atoms with Crippen molar-refractivity contribution in [2.24, 2.45) is 0 Å². The van der Waals surface area contributed by atoms with E-state index in [1.807, 2.05) is 19.1 Å². The highest BCUT2D eigenvalue weighted by Crippen LogP contribution is 2.30. The lowest BCUT2D eigenvalue weighted by Crippen LogP contribution is -2.28. The summed E-state index contributed by atoms with van der Waals surface area (Å²) in [5.74, 6) is -1.71. The summed E-state index contributed by atoms with van der Waals surface area (Å²) in [5.41, 5.74) is 1.46. The van der Waals surface area contributed by atoms with Crippen molar-refractivity contribution in [3.63, 3.8) is 0 Å². The van der Waals surface area contributed by atoms with Crippen molar-refractivity contribution >= 4 is 23.6 Å². The number of carbonyl (C=O) groups is 3. The van der Waals surface area contributed by atoms with Crippen LogP contribution in [0.3, 0.4) is 0 Å². The number of ether oxygens (including phenoxy) is 3. The number of hydrogen-bond acceptors (Lipinski definition) is 7. The lowest BCUT2D eigenvalue weighted by Gasteiger charge is -2.24. The monoisotopic (exact) mass is 419 g/mol. The fourth-order valence-corrected chi connectivity index (χ4v) is 2.98. The van der Waals surface area contributed by atoms with Gasteiger partial charge in [0.05, 0.1) is 31.0 Å². The van der Waals surface area contributed by atoms with E-state index in [9.17, 15) is 14.4 Å². The average molecular weight is 419 g/mol. The van der Waals surface area contributed by atoms with E-state index in [1.54, 1.807) is 54.8 Å². The number of benzene rings is 2. The minimum Gasteiger partial charge on any atom is -0.465 e. The van der Waals surface area contributed by atoms with E-state index in [-0.39, 0.29) is 16.8 Å². The molecule has 0 spiro atoms. The maximum Gasteiger partial charge on any atom is 0.355 e. The third-order valence-electron chi connectivity index (χ3n) is 4.50. The molecule has 0 saturated heterocycles. The minimum atomic E-state index is -0.765. The molecule has 0 saturated carbocycles. The highest BCUT2D eigenvalue weighted by atomic mass is 16.5. The van der Waals surface area contributed by atoms with E-state index in [1.165, 1.54) is 25.2 Å². The quantitative estimate of drug-likeness (QED) is 0.540. The number of aryl methyl sites for hydroxylation is 1. The largest absolute Gasteiger partial charge is 0.465 e. The average Bonchev–Trinajstić information content (AvgIpc) is 3.02. The molecule has 0 bridgehead atoms. The first-order chi connectivity index (χ1) is 15.0. The molecule has 0 atom stereocenters. The van der Waals surface area contributed by atoms with E-state index in [4.69, 9.17) is 14.2 Å². The van der Waals surface area contributed by atoms with Gasteiger partial charge >= 0.3 is 17.9 Å². The third kappa shape index (κ3) is 4.72. The van der Waals surface area contributed by atoms with Gasteiger partial charge in [0.1, 0.15) is 11.4 Å². The van der Waals surface area contributed by atoms with Crippen LogP contribution in [0, 0.1) is 6.92 Å². The van der Waals surface area contributed by atoms with Crippen molar-refractivity contribution in [1.29, 1.82) is 0 Å². The van der Waals surface area contributed by atoms with Crippen molar-refractivity contribution in [2.45, 2.75) is 6.92 Å². The molecule has 0 radical (unpaired) electrons. The van der Waals surface area contributed by atoms with Crippen LogP contribution in [-0.4, -0.2) is 32.1 Å². The lowest BCUT2D eigenvalue weighted by molar-refractivity contribution is -0.139. The number of carbonyl (C=O) groups excluding carboxylic acids is 3. The summed E-state index contributed by atoms with van der Waals surface area (Å²) in [5, 5.41) is 0. The molecule has 0 aliphatic carbocycles. The minimum absolute atomic E-state index is 0.0129. The molecule has 158 valence electrons. The molecule has 7 nitrogen and oxygen atoms in total. The Morgan fingerprint density at radius 2 is 1.48 bits per heavy atom. The number of anilines is 1. The third-order valence-corrected chi connectivity index (χ3v) is 4.50. The number of allylic oxidation sites excluding steroid dienone is 2. The lowest BCUT2D eigenvalue weighted by atomic mass is 10.1. The Balaban J connectivity index is 2.08. The second-order valence-electron chi connectivity index (χ2n) is 6.54. The molecule has 31 heavy (non-hydrogen) atoms. The molecular weight excluding hydrogens is 398 g/mol. The van der Waals surface area contributed by atoms with Gasteiger partial charge in [-0.05, 0) is 43.3 Å². The number of methoxy groups -OCH3 is 2. The normalized spacial score (nSPS) is 12.9. The molecule has 0 amide bonds. The first kappa shape index (κ1) is 21.6. The molecule has 0 N–H and O–H groups in total. The van der Waals surface area contributed by atoms with Crippen LogP contribution in [0.2, 0.25) is 0 Å². The topological polar surface area (TPSA) is 82.1 Å². The van der Waals surface area contributed by atoms with Crippen molar-refractivity contribution in [3.8, 4) is 5.75 Å². The summed E-state index contributed by atoms with van der Waals surface area (Å²) in [6.45, 7) is 1.93. The van der Waals surface area contributed by atoms with Crippen LogP contribution in [0.1, 0.15) is 15.9 Å². The highest BCUT2D eigenvalue weighted by molar-refractivity contribution is 6.07. The summed E-state index contributed by atoms with van der Waals surface area (Å²) >= 11 is 0. The van der Waals surface area contributed by atoms with E-state index in [0.29, 0.717) is 11.4 Å². The number of esters is 3. The van der Waals surface area contributed by atoms with E-state index < -0.39 is 17.9 Å². The smallest absolute Gasteiger partial charge is 0.355 e. The molecule has 0 aromatic heterocycles. The van der Waals surface area contributed by atoms with Gasteiger partial charge in [0.2, 0.25) is 0 Å². The standard InChI is InChI=1S/C24H21NO6/c1-16-11-13-17(14-12-16)31-23(27)18-8-4-5-10-20(18)25-15-7-6-9-19(22(26)29-2)21(25)24(28)30-3/h4-15H,1-3H3. The van der Waals surface area contributed by atoms with Crippen LogP contribution in [0.25, 0.3) is 0 Å². The SMILES string of the molecule is COC(=O)C1=C(C(=O)OC)N(c2ccccc2C(=O)Oc2ccc(C)cc2)C=CC=C1. The second kappa shape index (κ2) is 9.58. The van der Waals surface area contributed by atoms with Crippen LogP contribution in [-0.2, 0) is 19.1 Å². The zero-order chi connectivity index (χ0) is 22.4. The van der Waals surface area contributed by atoms with Crippen molar-refractivity contribution < 1.29 is 28.6 Å². The van der Waals surface area contributed by atoms with Crippen LogP contribution >= 0.6 is 0 Å². The summed E-state index contributed by atoms with van der Waals surface area (Å²) < 4.78 is 15.2. The van der Waals surface area contributed by atoms with E-state index in [2.05, 4.69) is 0 Å². The molecule has 0 unspecified atom stereocenters. The zero-order valence-electron chi connectivity index (χ0n) is 17.3. The van der Waals surface area contributed by atoms with Crippen molar-refractivity contribution in [2.75, 3.05) is 19.1 Å². The summed E-state index contributed by atoms with van der Waals surface area (Å²) in [6, 6.07) is 13.6. The van der Waals surface area contributed by atoms with Crippen LogP contribution in [0.4, 0.5) is 5.69 Å². The van der Waals surface area contributed by atoms with Gasteiger partial charge in [-0.1, -0.05) is 35.9 Å². The van der Waals surface area contributed by atoms with Gasteiger partial charge in [0.25, 0.3) is 0 Å². The molecule has 2 aromatic rings. The molecular formula is C24H21NO6. The van der Waals surface area contributed by atoms with Gasteiger partial charge in [-0.25, -0.2) is 14.4 Å². The molecule has 1 aliphatic heterocycles. The van der Waals surface area contributed by atoms with Crippen molar-refractivity contribution in [3.05, 3.63) is 95.4 Å². The number of rotatable bonds is 5. The summed E-state index contributed by atoms with van der Waals surface area (Å²) in [4.78, 5) is 39.3. The number of hydrogen-bond donors (Lipinski definition) is 0. The molecule has 7 heteroatoms. The summed E-state index contributed by atoms with van der Waals surface area (Å²) in [7, 11) is 2.42. The maximum absolute atomic E-state index is 13.0. The van der Waals surface area contributed by atoms with Gasteiger partial charge in [-0.15, -0.1) is 0 Å². The van der Waals surface area contributed by atoms with Crippen molar-refractivity contribution in [1.82, 2.24) is 0 Å². The first-order valence-corrected chi connectivity index (χ1v) is 9.39. The summed E-state index contributed by atoms with van der Waals surface area (Å²) in [6.07, 6.45) is 6.21. The van der Waals surface area contributed by atoms with Gasteiger partial charge < -0.3 is 19.1 Å². The molecule has 1 aliphatic rings. The van der Waals surface area contributed by atoms with Gasteiger partial charge in [-0.3, -0.25) is 0 Å². The predicted molar refractivity (Wildman–Crippen MR) is 114 cm³/mol. The van der Waals surface area contributed by atoms with Gasteiger partial charge in [0.15, 0.2) is 0 Å². The van der Waals surface area contributed by atoms with Crippen LogP contribution < -0.4 is 9.64 Å². The molecule has 0 fully saturated rings. The fraction of sp³-hybridized carbons (Fsp3) is 0.125. The Morgan fingerprint density at radius 1 is 0.806 bits per heavy atom. The second-order valence-corrected chi connectivity index (χ2v) is 6.54. The molecule has 3 rings (SSSR count). The number of para-hydroxylation sites is 1. The van der Waals surface area contributed by atoms with Gasteiger partial charge in [0, 0.05) is 6.20 Å². The molecule has 1 heterocycles. The van der Waals surface area contributed by atoms with E-state index >= 15 is 0 Å². The fourth-order valence-electron chi connectivity index (χ4n) is 2.98.